The van der Waals surface area contributed by atoms with Crippen molar-refractivity contribution in [2.75, 3.05) is 13.2 Å². The zero-order valence-electron chi connectivity index (χ0n) is 11.4. The van der Waals surface area contributed by atoms with Crippen LogP contribution in [0, 0.1) is 5.82 Å². The van der Waals surface area contributed by atoms with Crippen LogP contribution in [0.3, 0.4) is 0 Å². The van der Waals surface area contributed by atoms with Crippen molar-refractivity contribution >= 4 is 0 Å². The summed E-state index contributed by atoms with van der Waals surface area (Å²) in [6.07, 6.45) is -3.29. The second-order valence-corrected chi connectivity index (χ2v) is 5.37. The number of rotatable bonds is 6. The van der Waals surface area contributed by atoms with Crippen molar-refractivity contribution in [1.29, 1.82) is 0 Å². The average molecular weight is 275 g/mol. The van der Waals surface area contributed by atoms with Gasteiger partial charge in [0.1, 0.15) is 12.4 Å². The summed E-state index contributed by atoms with van der Waals surface area (Å²) in [7, 11) is 0. The Morgan fingerprint density at radius 1 is 1.21 bits per heavy atom. The van der Waals surface area contributed by atoms with E-state index in [9.17, 15) is 13.2 Å². The topological polar surface area (TPSA) is 21.3 Å². The van der Waals surface area contributed by atoms with Gasteiger partial charge in [-0.1, -0.05) is 18.2 Å². The third-order valence-corrected chi connectivity index (χ3v) is 2.49. The van der Waals surface area contributed by atoms with E-state index in [2.05, 4.69) is 5.32 Å². The molecule has 0 saturated heterocycles. The van der Waals surface area contributed by atoms with Gasteiger partial charge < -0.3 is 10.1 Å². The monoisotopic (exact) mass is 275 g/mol. The molecular weight excluding hydrogens is 255 g/mol. The predicted molar refractivity (Wildman–Crippen MR) is 68.9 cm³/mol. The van der Waals surface area contributed by atoms with Crippen molar-refractivity contribution in [3.05, 3.63) is 35.6 Å². The van der Waals surface area contributed by atoms with E-state index in [1.54, 1.807) is 18.2 Å². The van der Waals surface area contributed by atoms with Gasteiger partial charge in [-0.2, -0.15) is 0 Å². The molecule has 1 unspecified atom stereocenters. The van der Waals surface area contributed by atoms with Gasteiger partial charge in [-0.25, -0.2) is 13.2 Å². The van der Waals surface area contributed by atoms with Gasteiger partial charge >= 0.3 is 0 Å². The lowest BCUT2D eigenvalue weighted by Crippen LogP contribution is -2.39. The van der Waals surface area contributed by atoms with E-state index in [1.165, 1.54) is 6.07 Å². The van der Waals surface area contributed by atoms with Crippen molar-refractivity contribution in [2.45, 2.75) is 38.8 Å². The molecule has 1 atom stereocenters. The Morgan fingerprint density at radius 2 is 1.84 bits per heavy atom. The summed E-state index contributed by atoms with van der Waals surface area (Å²) in [5.41, 5.74) is 0.0948. The number of benzene rings is 1. The highest BCUT2D eigenvalue weighted by atomic mass is 19.3. The Balaban J connectivity index is 2.77. The SMILES string of the molecule is CC(C)(C)NCC(OCC(F)F)c1ccccc1F. The first-order valence-electron chi connectivity index (χ1n) is 6.19. The molecule has 1 aromatic rings. The van der Waals surface area contributed by atoms with E-state index >= 15 is 0 Å². The van der Waals surface area contributed by atoms with Gasteiger partial charge in [0.05, 0.1) is 6.10 Å². The number of ether oxygens (including phenoxy) is 1. The summed E-state index contributed by atoms with van der Waals surface area (Å²) in [4.78, 5) is 0. The number of nitrogens with one attached hydrogen (secondary N) is 1. The van der Waals surface area contributed by atoms with Crippen LogP contribution < -0.4 is 5.32 Å². The molecule has 0 radical (unpaired) electrons. The van der Waals surface area contributed by atoms with Crippen molar-refractivity contribution in [2.24, 2.45) is 0 Å². The third kappa shape index (κ3) is 6.07. The predicted octanol–water partition coefficient (Wildman–Crippen LogP) is 3.54. The smallest absolute Gasteiger partial charge is 0.261 e. The lowest BCUT2D eigenvalue weighted by Gasteiger charge is -2.26. The summed E-state index contributed by atoms with van der Waals surface area (Å²) in [6.45, 7) is 5.40. The summed E-state index contributed by atoms with van der Waals surface area (Å²) >= 11 is 0. The quantitative estimate of drug-likeness (QED) is 0.857. The fourth-order valence-electron chi connectivity index (χ4n) is 1.58. The molecule has 0 heterocycles. The summed E-state index contributed by atoms with van der Waals surface area (Å²) in [5.74, 6) is -0.447. The second-order valence-electron chi connectivity index (χ2n) is 5.37. The normalized spacial score (nSPS) is 13.8. The van der Waals surface area contributed by atoms with Crippen LogP contribution in [0.5, 0.6) is 0 Å². The summed E-state index contributed by atoms with van der Waals surface area (Å²) in [5, 5.41) is 3.13. The van der Waals surface area contributed by atoms with Crippen LogP contribution in [0.15, 0.2) is 24.3 Å². The van der Waals surface area contributed by atoms with Crippen molar-refractivity contribution in [1.82, 2.24) is 5.32 Å². The number of hydrogen-bond donors (Lipinski definition) is 1. The Morgan fingerprint density at radius 3 is 2.37 bits per heavy atom. The van der Waals surface area contributed by atoms with Crippen LogP contribution >= 0.6 is 0 Å². The molecule has 0 saturated carbocycles. The summed E-state index contributed by atoms with van der Waals surface area (Å²) < 4.78 is 43.3. The largest absolute Gasteiger partial charge is 0.366 e. The van der Waals surface area contributed by atoms with Gasteiger partial charge in [-0.3, -0.25) is 0 Å². The van der Waals surface area contributed by atoms with E-state index in [1.807, 2.05) is 20.8 Å². The van der Waals surface area contributed by atoms with Crippen LogP contribution in [0.4, 0.5) is 13.2 Å². The van der Waals surface area contributed by atoms with E-state index in [4.69, 9.17) is 4.74 Å². The lowest BCUT2D eigenvalue weighted by molar-refractivity contribution is -0.0275. The highest BCUT2D eigenvalue weighted by Crippen LogP contribution is 2.21. The Hall–Kier alpha value is -1.07. The molecule has 1 N–H and O–H groups in total. The van der Waals surface area contributed by atoms with Gasteiger partial charge in [-0.15, -0.1) is 0 Å². The van der Waals surface area contributed by atoms with Crippen molar-refractivity contribution < 1.29 is 17.9 Å². The van der Waals surface area contributed by atoms with Gasteiger partial charge in [0.15, 0.2) is 0 Å². The lowest BCUT2D eigenvalue weighted by atomic mass is 10.1. The van der Waals surface area contributed by atoms with Crippen LogP contribution in [0.25, 0.3) is 0 Å². The van der Waals surface area contributed by atoms with Gasteiger partial charge in [0, 0.05) is 17.6 Å². The Bertz CT molecular complexity index is 391. The van der Waals surface area contributed by atoms with Crippen LogP contribution in [0.2, 0.25) is 0 Å². The molecule has 0 spiro atoms. The minimum absolute atomic E-state index is 0.197. The molecule has 108 valence electrons. The number of hydrogen-bond acceptors (Lipinski definition) is 2. The summed E-state index contributed by atoms with van der Waals surface area (Å²) in [6, 6.07) is 6.06. The maximum absolute atomic E-state index is 13.7. The van der Waals surface area contributed by atoms with Crippen LogP contribution in [0.1, 0.15) is 32.4 Å². The molecule has 0 bridgehead atoms. The first-order chi connectivity index (χ1) is 8.79. The third-order valence-electron chi connectivity index (χ3n) is 2.49. The van der Waals surface area contributed by atoms with E-state index in [-0.39, 0.29) is 12.1 Å². The molecule has 0 amide bonds. The molecule has 0 aliphatic heterocycles. The molecular formula is C14H20F3NO. The highest BCUT2D eigenvalue weighted by Gasteiger charge is 2.20. The fourth-order valence-corrected chi connectivity index (χ4v) is 1.58. The Labute approximate surface area is 112 Å². The molecule has 1 rings (SSSR count). The average Bonchev–Trinajstić information content (AvgIpc) is 2.29. The second kappa shape index (κ2) is 6.91. The van der Waals surface area contributed by atoms with Crippen LogP contribution in [-0.4, -0.2) is 25.1 Å². The van der Waals surface area contributed by atoms with Crippen molar-refractivity contribution in [3.8, 4) is 0 Å². The van der Waals surface area contributed by atoms with E-state index in [0.717, 1.165) is 0 Å². The standard InChI is InChI=1S/C14H20F3NO/c1-14(2,3)18-8-12(19-9-13(16)17)10-6-4-5-7-11(10)15/h4-7,12-13,18H,8-9H2,1-3H3. The molecule has 0 fully saturated rings. The maximum atomic E-state index is 13.7. The van der Waals surface area contributed by atoms with Crippen molar-refractivity contribution in [3.63, 3.8) is 0 Å². The molecule has 5 heteroatoms. The zero-order chi connectivity index (χ0) is 14.5. The molecule has 1 aromatic carbocycles. The van der Waals surface area contributed by atoms with Gasteiger partial charge in [0.25, 0.3) is 6.43 Å². The first-order valence-corrected chi connectivity index (χ1v) is 6.19. The minimum atomic E-state index is -2.57. The maximum Gasteiger partial charge on any atom is 0.261 e. The number of halogens is 3. The minimum Gasteiger partial charge on any atom is -0.366 e. The molecule has 0 aliphatic carbocycles. The van der Waals surface area contributed by atoms with E-state index < -0.39 is 25.0 Å². The zero-order valence-corrected chi connectivity index (χ0v) is 11.4. The van der Waals surface area contributed by atoms with Crippen LogP contribution in [-0.2, 0) is 4.74 Å². The van der Waals surface area contributed by atoms with E-state index in [0.29, 0.717) is 5.56 Å². The fraction of sp³-hybridized carbons (Fsp3) is 0.571. The van der Waals surface area contributed by atoms with Gasteiger partial charge in [0.2, 0.25) is 0 Å². The molecule has 2 nitrogen and oxygen atoms in total. The molecule has 0 aromatic heterocycles. The number of alkyl halides is 2. The highest BCUT2D eigenvalue weighted by molar-refractivity contribution is 5.20. The molecule has 19 heavy (non-hydrogen) atoms. The molecule has 0 aliphatic rings. The van der Waals surface area contributed by atoms with Gasteiger partial charge in [-0.05, 0) is 26.8 Å². The first kappa shape index (κ1) is 16.0. The Kier molecular flexibility index (Phi) is 5.82.